The van der Waals surface area contributed by atoms with Crippen LogP contribution in [0.4, 0.5) is 0 Å². The lowest BCUT2D eigenvalue weighted by atomic mass is 10.0. The third-order valence-electron chi connectivity index (χ3n) is 2.19. The average molecular weight is 187 g/mol. The Hall–Kier alpha value is -1.75. The van der Waals surface area contributed by atoms with E-state index in [9.17, 15) is 0 Å². The molecule has 0 bridgehead atoms. The number of hydrogen-bond donors (Lipinski definition) is 0. The number of hydrogen-bond acceptors (Lipinski definition) is 2. The lowest BCUT2D eigenvalue weighted by Gasteiger charge is -2.09. The molecule has 2 nitrogen and oxygen atoms in total. The minimum absolute atomic E-state index is 0.641. The molecule has 1 aromatic carbocycles. The van der Waals surface area contributed by atoms with Crippen LogP contribution in [0, 0.1) is 18.3 Å². The summed E-state index contributed by atoms with van der Waals surface area (Å²) in [5.41, 5.74) is 3.39. The van der Waals surface area contributed by atoms with E-state index >= 15 is 0 Å². The number of nitriles is 1. The summed E-state index contributed by atoms with van der Waals surface area (Å²) in [6.07, 6.45) is 0. The predicted molar refractivity (Wildman–Crippen MR) is 57.2 cm³/mol. The highest BCUT2D eigenvalue weighted by Crippen LogP contribution is 2.26. The van der Waals surface area contributed by atoms with Gasteiger partial charge >= 0.3 is 0 Å². The van der Waals surface area contributed by atoms with E-state index in [-0.39, 0.29) is 0 Å². The van der Waals surface area contributed by atoms with Gasteiger partial charge in [0.05, 0.1) is 18.7 Å². The zero-order chi connectivity index (χ0) is 10.7. The normalized spacial score (nSPS) is 9.29. The van der Waals surface area contributed by atoms with Gasteiger partial charge in [-0.3, -0.25) is 0 Å². The van der Waals surface area contributed by atoms with Crippen LogP contribution in [0.5, 0.6) is 5.75 Å². The van der Waals surface area contributed by atoms with E-state index in [1.54, 1.807) is 7.11 Å². The molecule has 0 N–H and O–H groups in total. The smallest absolute Gasteiger partial charge is 0.123 e. The van der Waals surface area contributed by atoms with Crippen molar-refractivity contribution in [2.75, 3.05) is 7.11 Å². The van der Waals surface area contributed by atoms with Crippen molar-refractivity contribution in [3.8, 4) is 11.8 Å². The molecule has 0 heterocycles. The minimum Gasteiger partial charge on any atom is -0.496 e. The fraction of sp³-hybridized carbons (Fsp3) is 0.250. The molecule has 0 fully saturated rings. The number of rotatable bonds is 2. The van der Waals surface area contributed by atoms with Crippen LogP contribution in [-0.2, 0) is 0 Å². The Kier molecular flexibility index (Phi) is 2.93. The molecule has 0 amide bonds. The van der Waals surface area contributed by atoms with E-state index < -0.39 is 0 Å². The van der Waals surface area contributed by atoms with Crippen LogP contribution in [0.2, 0.25) is 0 Å². The minimum atomic E-state index is 0.641. The van der Waals surface area contributed by atoms with Crippen LogP contribution < -0.4 is 4.74 Å². The molecule has 0 aliphatic carbocycles. The SMILES string of the molecule is C=C(C)c1cc(C#N)c(C)c(OC)c1. The number of benzene rings is 1. The molecule has 1 rings (SSSR count). The predicted octanol–water partition coefficient (Wildman–Crippen LogP) is 2.91. The average Bonchev–Trinajstić information content (AvgIpc) is 2.17. The summed E-state index contributed by atoms with van der Waals surface area (Å²) in [6.45, 7) is 7.62. The first-order valence-corrected chi connectivity index (χ1v) is 4.34. The van der Waals surface area contributed by atoms with Gasteiger partial charge in [-0.2, -0.15) is 5.26 Å². The Balaban J connectivity index is 3.41. The molecule has 72 valence electrons. The molecule has 0 spiro atoms. The first-order chi connectivity index (χ1) is 6.60. The lowest BCUT2D eigenvalue weighted by Crippen LogP contribution is -1.93. The summed E-state index contributed by atoms with van der Waals surface area (Å²) in [6, 6.07) is 5.88. The van der Waals surface area contributed by atoms with Gasteiger partial charge in [0.2, 0.25) is 0 Å². The van der Waals surface area contributed by atoms with Crippen LogP contribution >= 0.6 is 0 Å². The standard InChI is InChI=1S/C12H13NO/c1-8(2)10-5-11(7-13)9(3)12(6-10)14-4/h5-6H,1H2,2-4H3. The van der Waals surface area contributed by atoms with Gasteiger partial charge in [0.25, 0.3) is 0 Å². The van der Waals surface area contributed by atoms with Crippen LogP contribution in [-0.4, -0.2) is 7.11 Å². The quantitative estimate of drug-likeness (QED) is 0.713. The van der Waals surface area contributed by atoms with Crippen molar-refractivity contribution in [3.63, 3.8) is 0 Å². The van der Waals surface area contributed by atoms with Gasteiger partial charge in [-0.15, -0.1) is 0 Å². The zero-order valence-corrected chi connectivity index (χ0v) is 8.72. The Labute approximate surface area is 84.4 Å². The lowest BCUT2D eigenvalue weighted by molar-refractivity contribution is 0.411. The van der Waals surface area contributed by atoms with Crippen molar-refractivity contribution in [3.05, 3.63) is 35.4 Å². The maximum absolute atomic E-state index is 8.91. The zero-order valence-electron chi connectivity index (χ0n) is 8.72. The monoisotopic (exact) mass is 187 g/mol. The molecule has 0 unspecified atom stereocenters. The number of allylic oxidation sites excluding steroid dienone is 1. The van der Waals surface area contributed by atoms with Gasteiger partial charge in [0, 0.05) is 5.56 Å². The molecule has 14 heavy (non-hydrogen) atoms. The Morgan fingerprint density at radius 3 is 2.57 bits per heavy atom. The molecule has 0 aliphatic rings. The second-order valence-electron chi connectivity index (χ2n) is 3.24. The van der Waals surface area contributed by atoms with Gasteiger partial charge in [-0.25, -0.2) is 0 Å². The topological polar surface area (TPSA) is 33.0 Å². The molecule has 0 aliphatic heterocycles. The van der Waals surface area contributed by atoms with Gasteiger partial charge in [0.15, 0.2) is 0 Å². The fourth-order valence-corrected chi connectivity index (χ4v) is 1.26. The van der Waals surface area contributed by atoms with Crippen molar-refractivity contribution in [1.29, 1.82) is 5.26 Å². The third-order valence-corrected chi connectivity index (χ3v) is 2.19. The van der Waals surface area contributed by atoms with Crippen LogP contribution in [0.1, 0.15) is 23.6 Å². The van der Waals surface area contributed by atoms with Gasteiger partial charge in [-0.1, -0.05) is 12.2 Å². The number of methoxy groups -OCH3 is 1. The van der Waals surface area contributed by atoms with Gasteiger partial charge < -0.3 is 4.74 Å². The van der Waals surface area contributed by atoms with E-state index in [1.165, 1.54) is 0 Å². The van der Waals surface area contributed by atoms with E-state index in [0.29, 0.717) is 5.56 Å². The molecule has 2 heteroatoms. The number of ether oxygens (including phenoxy) is 1. The highest BCUT2D eigenvalue weighted by molar-refractivity contribution is 5.66. The summed E-state index contributed by atoms with van der Waals surface area (Å²) in [5.74, 6) is 0.738. The molecular weight excluding hydrogens is 174 g/mol. The Morgan fingerprint density at radius 1 is 1.50 bits per heavy atom. The maximum Gasteiger partial charge on any atom is 0.123 e. The van der Waals surface area contributed by atoms with E-state index in [1.807, 2.05) is 26.0 Å². The van der Waals surface area contributed by atoms with Crippen molar-refractivity contribution < 1.29 is 4.74 Å². The largest absolute Gasteiger partial charge is 0.496 e. The third kappa shape index (κ3) is 1.77. The second-order valence-corrected chi connectivity index (χ2v) is 3.24. The molecular formula is C12H13NO. The molecule has 0 atom stereocenters. The Bertz CT molecular complexity index is 413. The molecule has 0 saturated heterocycles. The fourth-order valence-electron chi connectivity index (χ4n) is 1.26. The summed E-state index contributed by atoms with van der Waals surface area (Å²) >= 11 is 0. The highest BCUT2D eigenvalue weighted by atomic mass is 16.5. The van der Waals surface area contributed by atoms with E-state index in [0.717, 1.165) is 22.4 Å². The Morgan fingerprint density at radius 2 is 2.14 bits per heavy atom. The molecule has 0 aromatic heterocycles. The molecule has 1 aromatic rings. The second kappa shape index (κ2) is 3.97. The summed E-state index contributed by atoms with van der Waals surface area (Å²) in [5, 5.41) is 8.91. The van der Waals surface area contributed by atoms with E-state index in [4.69, 9.17) is 10.00 Å². The highest BCUT2D eigenvalue weighted by Gasteiger charge is 2.07. The van der Waals surface area contributed by atoms with Crippen molar-refractivity contribution in [1.82, 2.24) is 0 Å². The van der Waals surface area contributed by atoms with Crippen LogP contribution in [0.3, 0.4) is 0 Å². The summed E-state index contributed by atoms with van der Waals surface area (Å²) in [4.78, 5) is 0. The van der Waals surface area contributed by atoms with Crippen molar-refractivity contribution in [2.45, 2.75) is 13.8 Å². The molecule has 0 saturated carbocycles. The first kappa shape index (κ1) is 10.3. The van der Waals surface area contributed by atoms with Crippen LogP contribution in [0.25, 0.3) is 5.57 Å². The van der Waals surface area contributed by atoms with Crippen LogP contribution in [0.15, 0.2) is 18.7 Å². The summed E-state index contributed by atoms with van der Waals surface area (Å²) in [7, 11) is 1.60. The van der Waals surface area contributed by atoms with Crippen molar-refractivity contribution in [2.24, 2.45) is 0 Å². The van der Waals surface area contributed by atoms with Crippen molar-refractivity contribution >= 4 is 5.57 Å². The molecule has 0 radical (unpaired) electrons. The number of nitrogens with zero attached hydrogens (tertiary/aromatic N) is 1. The van der Waals surface area contributed by atoms with Gasteiger partial charge in [0.1, 0.15) is 5.75 Å². The first-order valence-electron chi connectivity index (χ1n) is 4.34. The maximum atomic E-state index is 8.91. The summed E-state index contributed by atoms with van der Waals surface area (Å²) < 4.78 is 5.19. The van der Waals surface area contributed by atoms with Gasteiger partial charge in [-0.05, 0) is 31.5 Å². The van der Waals surface area contributed by atoms with E-state index in [2.05, 4.69) is 12.6 Å².